The Kier molecular flexibility index (Phi) is 3.74. The Hall–Kier alpha value is -2.16. The molecule has 0 bridgehead atoms. The van der Waals surface area contributed by atoms with Gasteiger partial charge in [0.15, 0.2) is 0 Å². The van der Waals surface area contributed by atoms with Crippen LogP contribution in [0.5, 0.6) is 0 Å². The number of carbonyl (C=O) groups is 1. The van der Waals surface area contributed by atoms with Gasteiger partial charge in [-0.05, 0) is 42.0 Å². The molecule has 3 heteroatoms. The Bertz CT molecular complexity index is 652. The van der Waals surface area contributed by atoms with Gasteiger partial charge in [0, 0.05) is 12.4 Å². The van der Waals surface area contributed by atoms with Crippen LogP contribution in [0.15, 0.2) is 42.7 Å². The van der Waals surface area contributed by atoms with Crippen molar-refractivity contribution in [3.8, 4) is 0 Å². The van der Waals surface area contributed by atoms with E-state index < -0.39 is 0 Å². The lowest BCUT2D eigenvalue weighted by atomic mass is 10.0. The molecule has 0 unspecified atom stereocenters. The fraction of sp³-hybridized carbons (Fsp3) is 0.333. The molecular formula is C18H20N2O. The number of aromatic nitrogens is 1. The van der Waals surface area contributed by atoms with E-state index in [1.54, 1.807) is 12.4 Å². The predicted octanol–water partition coefficient (Wildman–Crippen LogP) is 2.98. The summed E-state index contributed by atoms with van der Waals surface area (Å²) in [5.41, 5.74) is 4.83. The molecule has 1 aromatic heterocycles. The van der Waals surface area contributed by atoms with Crippen molar-refractivity contribution >= 4 is 5.91 Å². The molecule has 3 nitrogen and oxygen atoms in total. The Morgan fingerprint density at radius 1 is 1.38 bits per heavy atom. The monoisotopic (exact) mass is 280 g/mol. The van der Waals surface area contributed by atoms with Crippen LogP contribution in [0.2, 0.25) is 0 Å². The standard InChI is InChI=1S/C18H20N2O/c1-12-5-6-15-9-13(2)18(16(15)8-12)20-17(21)10-14-4-3-7-19-11-14/h3-8,11,13,18H,9-10H2,1-2H3,(H,20,21)/t13-,18+/m1/s1. The van der Waals surface area contributed by atoms with Crippen molar-refractivity contribution in [2.75, 3.05) is 0 Å². The number of rotatable bonds is 3. The maximum absolute atomic E-state index is 12.3. The first-order chi connectivity index (χ1) is 10.1. The van der Waals surface area contributed by atoms with Gasteiger partial charge in [0.05, 0.1) is 12.5 Å². The van der Waals surface area contributed by atoms with E-state index in [0.29, 0.717) is 12.3 Å². The number of aryl methyl sites for hydroxylation is 1. The van der Waals surface area contributed by atoms with E-state index in [1.807, 2.05) is 12.1 Å². The zero-order chi connectivity index (χ0) is 14.8. The van der Waals surface area contributed by atoms with Gasteiger partial charge in [-0.2, -0.15) is 0 Å². The number of nitrogens with zero attached hydrogens (tertiary/aromatic N) is 1. The van der Waals surface area contributed by atoms with Crippen LogP contribution in [0.4, 0.5) is 0 Å². The van der Waals surface area contributed by atoms with Gasteiger partial charge in [0.2, 0.25) is 5.91 Å². The van der Waals surface area contributed by atoms with Gasteiger partial charge in [-0.1, -0.05) is 36.8 Å². The minimum atomic E-state index is 0.0641. The van der Waals surface area contributed by atoms with E-state index in [0.717, 1.165) is 12.0 Å². The second-order valence-corrected chi connectivity index (χ2v) is 5.97. The molecule has 0 saturated heterocycles. The Balaban J connectivity index is 1.73. The summed E-state index contributed by atoms with van der Waals surface area (Å²) < 4.78 is 0. The van der Waals surface area contributed by atoms with Crippen molar-refractivity contribution in [1.82, 2.24) is 10.3 Å². The molecule has 1 aliphatic rings. The van der Waals surface area contributed by atoms with Gasteiger partial charge < -0.3 is 5.32 Å². The van der Waals surface area contributed by atoms with E-state index in [4.69, 9.17) is 0 Å². The summed E-state index contributed by atoms with van der Waals surface area (Å²) in [5.74, 6) is 0.508. The average Bonchev–Trinajstić information content (AvgIpc) is 2.76. The topological polar surface area (TPSA) is 42.0 Å². The van der Waals surface area contributed by atoms with E-state index >= 15 is 0 Å². The first-order valence-electron chi connectivity index (χ1n) is 7.41. The summed E-state index contributed by atoms with van der Waals surface area (Å²) in [7, 11) is 0. The third kappa shape index (κ3) is 2.97. The van der Waals surface area contributed by atoms with Gasteiger partial charge in [0.1, 0.15) is 0 Å². The van der Waals surface area contributed by atoms with Gasteiger partial charge in [-0.25, -0.2) is 0 Å². The minimum absolute atomic E-state index is 0.0641. The molecule has 1 N–H and O–H groups in total. The second kappa shape index (κ2) is 5.68. The lowest BCUT2D eigenvalue weighted by Crippen LogP contribution is -2.31. The molecule has 0 radical (unpaired) electrons. The van der Waals surface area contributed by atoms with Crippen molar-refractivity contribution in [2.24, 2.45) is 5.92 Å². The zero-order valence-electron chi connectivity index (χ0n) is 12.5. The Morgan fingerprint density at radius 2 is 2.24 bits per heavy atom. The third-order valence-electron chi connectivity index (χ3n) is 4.15. The highest BCUT2D eigenvalue weighted by molar-refractivity contribution is 5.79. The molecule has 108 valence electrons. The molecule has 1 aromatic carbocycles. The number of carbonyl (C=O) groups excluding carboxylic acids is 1. The van der Waals surface area contributed by atoms with Gasteiger partial charge in [-0.15, -0.1) is 0 Å². The summed E-state index contributed by atoms with van der Waals surface area (Å²) in [6.07, 6.45) is 4.89. The Labute approximate surface area is 125 Å². The smallest absolute Gasteiger partial charge is 0.224 e. The maximum Gasteiger partial charge on any atom is 0.224 e. The normalized spacial score (nSPS) is 20.1. The number of fused-ring (bicyclic) bond motifs is 1. The second-order valence-electron chi connectivity index (χ2n) is 5.97. The SMILES string of the molecule is Cc1ccc2c(c1)[C@@H](NC(=O)Cc1cccnc1)[C@H](C)C2. The summed E-state index contributed by atoms with van der Waals surface area (Å²) in [4.78, 5) is 16.3. The van der Waals surface area contributed by atoms with E-state index in [1.165, 1.54) is 16.7 Å². The number of nitrogens with one attached hydrogen (secondary N) is 1. The number of hydrogen-bond acceptors (Lipinski definition) is 2. The molecule has 1 aliphatic carbocycles. The quantitative estimate of drug-likeness (QED) is 0.939. The minimum Gasteiger partial charge on any atom is -0.349 e. The zero-order valence-corrected chi connectivity index (χ0v) is 12.5. The van der Waals surface area contributed by atoms with Crippen LogP contribution < -0.4 is 5.32 Å². The van der Waals surface area contributed by atoms with E-state index in [-0.39, 0.29) is 11.9 Å². The van der Waals surface area contributed by atoms with Crippen molar-refractivity contribution in [3.05, 3.63) is 65.0 Å². The van der Waals surface area contributed by atoms with Crippen molar-refractivity contribution in [2.45, 2.75) is 32.7 Å². The summed E-state index contributed by atoms with van der Waals surface area (Å²) >= 11 is 0. The van der Waals surface area contributed by atoms with Crippen LogP contribution >= 0.6 is 0 Å². The van der Waals surface area contributed by atoms with Crippen LogP contribution in [0.1, 0.15) is 35.2 Å². The van der Waals surface area contributed by atoms with Crippen LogP contribution in [0.3, 0.4) is 0 Å². The highest BCUT2D eigenvalue weighted by Gasteiger charge is 2.30. The molecule has 0 aliphatic heterocycles. The van der Waals surface area contributed by atoms with Gasteiger partial charge in [-0.3, -0.25) is 9.78 Å². The van der Waals surface area contributed by atoms with Crippen LogP contribution in [0, 0.1) is 12.8 Å². The summed E-state index contributed by atoms with van der Waals surface area (Å²) in [6.45, 7) is 4.29. The molecule has 2 atom stereocenters. The number of pyridine rings is 1. The number of hydrogen-bond donors (Lipinski definition) is 1. The molecule has 1 amide bonds. The van der Waals surface area contributed by atoms with Crippen LogP contribution in [-0.2, 0) is 17.6 Å². The van der Waals surface area contributed by atoms with E-state index in [2.05, 4.69) is 42.3 Å². The fourth-order valence-electron chi connectivity index (χ4n) is 3.09. The van der Waals surface area contributed by atoms with Gasteiger partial charge in [0.25, 0.3) is 0 Å². The van der Waals surface area contributed by atoms with Crippen molar-refractivity contribution < 1.29 is 4.79 Å². The van der Waals surface area contributed by atoms with Crippen LogP contribution in [-0.4, -0.2) is 10.9 Å². The molecule has 1 heterocycles. The number of benzene rings is 1. The van der Waals surface area contributed by atoms with Crippen molar-refractivity contribution in [1.29, 1.82) is 0 Å². The molecule has 3 rings (SSSR count). The highest BCUT2D eigenvalue weighted by atomic mass is 16.1. The largest absolute Gasteiger partial charge is 0.349 e. The van der Waals surface area contributed by atoms with Crippen LogP contribution in [0.25, 0.3) is 0 Å². The first kappa shape index (κ1) is 13.8. The fourth-order valence-corrected chi connectivity index (χ4v) is 3.09. The third-order valence-corrected chi connectivity index (χ3v) is 4.15. The lowest BCUT2D eigenvalue weighted by Gasteiger charge is -2.19. The molecule has 0 saturated carbocycles. The van der Waals surface area contributed by atoms with Gasteiger partial charge >= 0.3 is 0 Å². The number of amides is 1. The predicted molar refractivity (Wildman–Crippen MR) is 82.9 cm³/mol. The molecule has 21 heavy (non-hydrogen) atoms. The lowest BCUT2D eigenvalue weighted by molar-refractivity contribution is -0.121. The summed E-state index contributed by atoms with van der Waals surface area (Å²) in [6, 6.07) is 10.5. The molecule has 0 spiro atoms. The van der Waals surface area contributed by atoms with E-state index in [9.17, 15) is 4.79 Å². The maximum atomic E-state index is 12.3. The van der Waals surface area contributed by atoms with Crippen molar-refractivity contribution in [3.63, 3.8) is 0 Å². The first-order valence-corrected chi connectivity index (χ1v) is 7.41. The molecular weight excluding hydrogens is 260 g/mol. The Morgan fingerprint density at radius 3 is 3.00 bits per heavy atom. The summed E-state index contributed by atoms with van der Waals surface area (Å²) in [5, 5.41) is 3.19. The molecule has 0 fully saturated rings. The highest BCUT2D eigenvalue weighted by Crippen LogP contribution is 2.36. The average molecular weight is 280 g/mol. The molecule has 2 aromatic rings.